The van der Waals surface area contributed by atoms with Crippen molar-refractivity contribution in [1.82, 2.24) is 5.32 Å². The summed E-state index contributed by atoms with van der Waals surface area (Å²) in [4.78, 5) is 11.7. The van der Waals surface area contributed by atoms with Crippen molar-refractivity contribution in [3.63, 3.8) is 0 Å². The molecule has 1 aliphatic heterocycles. The van der Waals surface area contributed by atoms with Crippen LogP contribution in [0, 0.1) is 0 Å². The largest absolute Gasteiger partial charge is 0.493 e. The van der Waals surface area contributed by atoms with Crippen LogP contribution in [0.25, 0.3) is 0 Å². The van der Waals surface area contributed by atoms with Crippen LogP contribution in [0.15, 0.2) is 24.3 Å². The molecule has 1 unspecified atom stereocenters. The van der Waals surface area contributed by atoms with E-state index in [9.17, 15) is 9.90 Å². The fourth-order valence-electron chi connectivity index (χ4n) is 2.40. The number of fused-ring (bicyclic) bond motifs is 1. The lowest BCUT2D eigenvalue weighted by Gasteiger charge is -2.36. The summed E-state index contributed by atoms with van der Waals surface area (Å²) in [6, 6.07) is 7.75. The van der Waals surface area contributed by atoms with Gasteiger partial charge in [-0.2, -0.15) is 0 Å². The number of benzene rings is 1. The molecule has 0 bridgehead atoms. The van der Waals surface area contributed by atoms with E-state index < -0.39 is 11.5 Å². The number of para-hydroxylation sites is 1. The summed E-state index contributed by atoms with van der Waals surface area (Å²) in [5.74, 6) is -0.116. The number of hydrogen-bond acceptors (Lipinski definition) is 3. The third-order valence-corrected chi connectivity index (χ3v) is 3.47. The molecule has 4 nitrogen and oxygen atoms in total. The maximum atomic E-state index is 11.7. The average Bonchev–Trinajstić information content (AvgIpc) is 3.13. The maximum absolute atomic E-state index is 11.7. The summed E-state index contributed by atoms with van der Waals surface area (Å²) < 4.78 is 5.53. The average molecular weight is 233 g/mol. The van der Waals surface area contributed by atoms with Crippen LogP contribution in [0.1, 0.15) is 24.8 Å². The number of rotatable bonds is 3. The fourth-order valence-corrected chi connectivity index (χ4v) is 2.40. The lowest BCUT2D eigenvalue weighted by Crippen LogP contribution is -2.53. The van der Waals surface area contributed by atoms with Crippen LogP contribution in [0.2, 0.25) is 0 Å². The Kier molecular flexibility index (Phi) is 2.33. The zero-order chi connectivity index (χ0) is 11.9. The van der Waals surface area contributed by atoms with Gasteiger partial charge in [-0.15, -0.1) is 0 Å². The van der Waals surface area contributed by atoms with Crippen molar-refractivity contribution in [2.24, 2.45) is 0 Å². The molecule has 2 N–H and O–H groups in total. The number of carboxylic acid groups (broad SMARTS) is 1. The highest BCUT2D eigenvalue weighted by molar-refractivity contribution is 5.82. The Morgan fingerprint density at radius 3 is 2.88 bits per heavy atom. The van der Waals surface area contributed by atoms with Crippen molar-refractivity contribution >= 4 is 5.97 Å². The summed E-state index contributed by atoms with van der Waals surface area (Å²) in [7, 11) is 0. The molecule has 0 spiro atoms. The smallest absolute Gasteiger partial charge is 0.328 e. The summed E-state index contributed by atoms with van der Waals surface area (Å²) in [6.45, 7) is 0.447. The van der Waals surface area contributed by atoms with Gasteiger partial charge in [-0.1, -0.05) is 18.2 Å². The molecular weight excluding hydrogens is 218 g/mol. The predicted octanol–water partition coefficient (Wildman–Crippen LogP) is 1.50. The normalized spacial score (nSPS) is 27.1. The molecular formula is C13H15NO3. The minimum absolute atomic E-state index is 0.345. The number of aliphatic carboxylic acids is 1. The number of carbonyl (C=O) groups is 1. The van der Waals surface area contributed by atoms with Gasteiger partial charge in [-0.05, 0) is 18.9 Å². The van der Waals surface area contributed by atoms with Crippen molar-refractivity contribution in [2.75, 3.05) is 6.61 Å². The molecule has 3 rings (SSSR count). The van der Waals surface area contributed by atoms with Gasteiger partial charge in [0.05, 0.1) is 6.61 Å². The van der Waals surface area contributed by atoms with Gasteiger partial charge in [-0.3, -0.25) is 5.32 Å². The van der Waals surface area contributed by atoms with Gasteiger partial charge in [-0.25, -0.2) is 4.79 Å². The van der Waals surface area contributed by atoms with E-state index in [0.717, 1.165) is 18.4 Å². The second-order valence-electron chi connectivity index (χ2n) is 4.72. The lowest BCUT2D eigenvalue weighted by atomic mass is 9.84. The third kappa shape index (κ3) is 1.69. The van der Waals surface area contributed by atoms with Crippen LogP contribution in [0.5, 0.6) is 5.75 Å². The van der Waals surface area contributed by atoms with E-state index in [1.807, 2.05) is 24.3 Å². The first-order valence-corrected chi connectivity index (χ1v) is 5.96. The molecule has 1 fully saturated rings. The maximum Gasteiger partial charge on any atom is 0.328 e. The molecule has 0 saturated heterocycles. The standard InChI is InChI=1S/C13H15NO3/c15-12(16)13(14-9-5-6-9)7-8-17-11-4-2-1-3-10(11)13/h1-4,9,14H,5-8H2,(H,15,16). The molecule has 0 amide bonds. The van der Waals surface area contributed by atoms with Gasteiger partial charge < -0.3 is 9.84 Å². The van der Waals surface area contributed by atoms with Crippen LogP contribution in [-0.2, 0) is 10.3 Å². The number of hydrogen-bond donors (Lipinski definition) is 2. The SMILES string of the molecule is O=C(O)C1(NC2CC2)CCOc2ccccc21. The first-order valence-electron chi connectivity index (χ1n) is 5.96. The highest BCUT2D eigenvalue weighted by atomic mass is 16.5. The van der Waals surface area contributed by atoms with Gasteiger partial charge in [0.1, 0.15) is 11.3 Å². The highest BCUT2D eigenvalue weighted by Gasteiger charge is 2.47. The summed E-state index contributed by atoms with van der Waals surface area (Å²) in [5.41, 5.74) is -0.207. The lowest BCUT2D eigenvalue weighted by molar-refractivity contribution is -0.147. The quantitative estimate of drug-likeness (QED) is 0.830. The van der Waals surface area contributed by atoms with E-state index in [-0.39, 0.29) is 0 Å². The Morgan fingerprint density at radius 1 is 1.41 bits per heavy atom. The van der Waals surface area contributed by atoms with Gasteiger partial charge in [0.15, 0.2) is 0 Å². The van der Waals surface area contributed by atoms with E-state index in [0.29, 0.717) is 24.8 Å². The monoisotopic (exact) mass is 233 g/mol. The Bertz CT molecular complexity index is 456. The van der Waals surface area contributed by atoms with E-state index in [1.54, 1.807) is 0 Å². The van der Waals surface area contributed by atoms with E-state index in [4.69, 9.17) is 4.74 Å². The zero-order valence-electron chi connectivity index (χ0n) is 9.48. The first kappa shape index (κ1) is 10.6. The van der Waals surface area contributed by atoms with Crippen molar-refractivity contribution in [2.45, 2.75) is 30.8 Å². The van der Waals surface area contributed by atoms with Crippen molar-refractivity contribution in [3.05, 3.63) is 29.8 Å². The van der Waals surface area contributed by atoms with Gasteiger partial charge in [0, 0.05) is 18.0 Å². The van der Waals surface area contributed by atoms with Crippen LogP contribution in [0.4, 0.5) is 0 Å². The summed E-state index contributed by atoms with van der Waals surface area (Å²) in [6.07, 6.45) is 2.62. The number of nitrogens with one attached hydrogen (secondary N) is 1. The molecule has 2 aliphatic rings. The molecule has 90 valence electrons. The van der Waals surface area contributed by atoms with Crippen LogP contribution < -0.4 is 10.1 Å². The van der Waals surface area contributed by atoms with Crippen molar-refractivity contribution in [3.8, 4) is 5.75 Å². The van der Waals surface area contributed by atoms with Gasteiger partial charge in [0.25, 0.3) is 0 Å². The van der Waals surface area contributed by atoms with Crippen molar-refractivity contribution in [1.29, 1.82) is 0 Å². The van der Waals surface area contributed by atoms with Crippen LogP contribution in [0.3, 0.4) is 0 Å². The fraction of sp³-hybridized carbons (Fsp3) is 0.462. The highest BCUT2D eigenvalue weighted by Crippen LogP contribution is 2.39. The second kappa shape index (κ2) is 3.74. The first-order chi connectivity index (χ1) is 8.22. The molecule has 1 aromatic carbocycles. The number of ether oxygens (including phenoxy) is 1. The van der Waals surface area contributed by atoms with E-state index in [1.165, 1.54) is 0 Å². The van der Waals surface area contributed by atoms with E-state index >= 15 is 0 Å². The molecule has 17 heavy (non-hydrogen) atoms. The molecule has 1 aliphatic carbocycles. The van der Waals surface area contributed by atoms with Gasteiger partial charge >= 0.3 is 5.97 Å². The molecule has 0 radical (unpaired) electrons. The molecule has 1 aromatic rings. The Hall–Kier alpha value is -1.55. The van der Waals surface area contributed by atoms with Crippen molar-refractivity contribution < 1.29 is 14.6 Å². The molecule has 4 heteroatoms. The number of carboxylic acids is 1. The van der Waals surface area contributed by atoms with Gasteiger partial charge in [0.2, 0.25) is 0 Å². The Morgan fingerprint density at radius 2 is 2.18 bits per heavy atom. The third-order valence-electron chi connectivity index (χ3n) is 3.47. The summed E-state index contributed by atoms with van der Waals surface area (Å²) in [5, 5.41) is 12.9. The molecule has 0 aromatic heterocycles. The molecule has 1 heterocycles. The topological polar surface area (TPSA) is 58.6 Å². The minimum atomic E-state index is -0.962. The minimum Gasteiger partial charge on any atom is -0.493 e. The zero-order valence-corrected chi connectivity index (χ0v) is 9.48. The second-order valence-corrected chi connectivity index (χ2v) is 4.72. The van der Waals surface area contributed by atoms with Crippen LogP contribution >= 0.6 is 0 Å². The summed E-state index contributed by atoms with van der Waals surface area (Å²) >= 11 is 0. The molecule has 1 atom stereocenters. The van der Waals surface area contributed by atoms with E-state index in [2.05, 4.69) is 5.32 Å². The predicted molar refractivity (Wildman–Crippen MR) is 62.0 cm³/mol. The molecule has 1 saturated carbocycles. The Labute approximate surface area is 99.6 Å². The van der Waals surface area contributed by atoms with Crippen LogP contribution in [-0.4, -0.2) is 23.7 Å². The Balaban J connectivity index is 2.06.